The predicted molar refractivity (Wildman–Crippen MR) is 107 cm³/mol. The monoisotopic (exact) mass is 423 g/mol. The number of hydrogen-bond donors (Lipinski definition) is 1. The molecule has 1 N–H and O–H groups in total. The van der Waals surface area contributed by atoms with Crippen LogP contribution in [-0.2, 0) is 4.79 Å². The summed E-state index contributed by atoms with van der Waals surface area (Å²) in [5.41, 5.74) is 1.96. The Kier molecular flexibility index (Phi) is 6.18. The SMILES string of the molecule is CCCCNC(=O)C1CCN(c2ccnc3c(Cl)cc(Br)cc23)CC1. The molecule has 2 heterocycles. The minimum atomic E-state index is 0.122. The third-order valence-electron chi connectivity index (χ3n) is 4.78. The van der Waals surface area contributed by atoms with Gasteiger partial charge >= 0.3 is 0 Å². The summed E-state index contributed by atoms with van der Waals surface area (Å²) in [6, 6.07) is 5.97. The topological polar surface area (TPSA) is 45.2 Å². The Balaban J connectivity index is 1.71. The molecule has 1 fully saturated rings. The molecule has 0 radical (unpaired) electrons. The van der Waals surface area contributed by atoms with E-state index in [1.54, 1.807) is 6.20 Å². The number of benzene rings is 1. The zero-order valence-corrected chi connectivity index (χ0v) is 16.7. The van der Waals surface area contributed by atoms with Gasteiger partial charge in [0.2, 0.25) is 5.91 Å². The van der Waals surface area contributed by atoms with Crippen LogP contribution < -0.4 is 10.2 Å². The van der Waals surface area contributed by atoms with Gasteiger partial charge in [0.25, 0.3) is 0 Å². The fourth-order valence-corrected chi connectivity index (χ4v) is 4.21. The lowest BCUT2D eigenvalue weighted by atomic mass is 9.95. The van der Waals surface area contributed by atoms with E-state index in [0.29, 0.717) is 5.02 Å². The van der Waals surface area contributed by atoms with Crippen molar-refractivity contribution in [2.45, 2.75) is 32.6 Å². The number of fused-ring (bicyclic) bond motifs is 1. The van der Waals surface area contributed by atoms with E-state index in [9.17, 15) is 4.79 Å². The highest BCUT2D eigenvalue weighted by molar-refractivity contribution is 9.10. The summed E-state index contributed by atoms with van der Waals surface area (Å²) in [5.74, 6) is 0.329. The number of amides is 1. The highest BCUT2D eigenvalue weighted by Crippen LogP contribution is 2.34. The van der Waals surface area contributed by atoms with E-state index in [-0.39, 0.29) is 11.8 Å². The second kappa shape index (κ2) is 8.37. The maximum atomic E-state index is 12.3. The molecule has 0 saturated carbocycles. The highest BCUT2D eigenvalue weighted by atomic mass is 79.9. The maximum absolute atomic E-state index is 12.3. The van der Waals surface area contributed by atoms with Crippen LogP contribution in [0.25, 0.3) is 10.9 Å². The summed E-state index contributed by atoms with van der Waals surface area (Å²) in [4.78, 5) is 19.0. The van der Waals surface area contributed by atoms with E-state index >= 15 is 0 Å². The molecule has 1 aromatic carbocycles. The van der Waals surface area contributed by atoms with E-state index in [4.69, 9.17) is 11.6 Å². The normalized spacial score (nSPS) is 15.6. The first-order chi connectivity index (χ1) is 12.1. The van der Waals surface area contributed by atoms with Gasteiger partial charge in [0, 0.05) is 47.3 Å². The minimum absolute atomic E-state index is 0.122. The minimum Gasteiger partial charge on any atom is -0.371 e. The average molecular weight is 425 g/mol. The molecule has 25 heavy (non-hydrogen) atoms. The van der Waals surface area contributed by atoms with Gasteiger partial charge in [0.15, 0.2) is 0 Å². The summed E-state index contributed by atoms with van der Waals surface area (Å²) < 4.78 is 0.949. The lowest BCUT2D eigenvalue weighted by molar-refractivity contribution is -0.125. The molecule has 0 atom stereocenters. The molecular formula is C19H23BrClN3O. The first-order valence-electron chi connectivity index (χ1n) is 8.86. The fourth-order valence-electron chi connectivity index (χ4n) is 3.36. The summed E-state index contributed by atoms with van der Waals surface area (Å²) in [6.45, 7) is 4.66. The molecule has 1 aliphatic rings. The summed E-state index contributed by atoms with van der Waals surface area (Å²) >= 11 is 9.85. The molecule has 1 aliphatic heterocycles. The van der Waals surface area contributed by atoms with Gasteiger partial charge in [-0.1, -0.05) is 40.9 Å². The van der Waals surface area contributed by atoms with Crippen molar-refractivity contribution in [2.75, 3.05) is 24.5 Å². The zero-order valence-electron chi connectivity index (χ0n) is 14.4. The van der Waals surface area contributed by atoms with Gasteiger partial charge in [-0.25, -0.2) is 0 Å². The quantitative estimate of drug-likeness (QED) is 0.702. The molecule has 134 valence electrons. The summed E-state index contributed by atoms with van der Waals surface area (Å²) in [5, 5.41) is 4.76. The lowest BCUT2D eigenvalue weighted by Crippen LogP contribution is -2.40. The molecule has 1 amide bonds. The van der Waals surface area contributed by atoms with Crippen molar-refractivity contribution in [1.82, 2.24) is 10.3 Å². The van der Waals surface area contributed by atoms with Crippen LogP contribution in [0.1, 0.15) is 32.6 Å². The van der Waals surface area contributed by atoms with Crippen molar-refractivity contribution < 1.29 is 4.79 Å². The number of piperidine rings is 1. The Morgan fingerprint density at radius 2 is 2.16 bits per heavy atom. The number of aromatic nitrogens is 1. The van der Waals surface area contributed by atoms with Crippen LogP contribution in [0.4, 0.5) is 5.69 Å². The van der Waals surface area contributed by atoms with Gasteiger partial charge in [-0.15, -0.1) is 0 Å². The number of carbonyl (C=O) groups excluding carboxylic acids is 1. The Labute approximate surface area is 162 Å². The number of hydrogen-bond acceptors (Lipinski definition) is 3. The molecular weight excluding hydrogens is 402 g/mol. The number of carbonyl (C=O) groups is 1. The zero-order chi connectivity index (χ0) is 17.8. The predicted octanol–water partition coefficient (Wildman–Crippen LogP) is 4.78. The Morgan fingerprint density at radius 1 is 1.40 bits per heavy atom. The standard InChI is InChI=1S/C19H23BrClN3O/c1-2-3-7-23-19(25)13-5-9-24(10-6-13)17-4-8-22-18-15(17)11-14(20)12-16(18)21/h4,8,11-13H,2-3,5-7,9-10H2,1H3,(H,23,25). The van der Waals surface area contributed by atoms with Gasteiger partial charge in [-0.2, -0.15) is 0 Å². The van der Waals surface area contributed by atoms with E-state index in [0.717, 1.165) is 66.4 Å². The van der Waals surface area contributed by atoms with Gasteiger partial charge in [-0.3, -0.25) is 9.78 Å². The fraction of sp³-hybridized carbons (Fsp3) is 0.474. The first-order valence-corrected chi connectivity index (χ1v) is 10.0. The number of halogens is 2. The number of pyridine rings is 1. The number of unbranched alkanes of at least 4 members (excludes halogenated alkanes) is 1. The van der Waals surface area contributed by atoms with Crippen molar-refractivity contribution in [2.24, 2.45) is 5.92 Å². The Morgan fingerprint density at radius 3 is 2.88 bits per heavy atom. The van der Waals surface area contributed by atoms with E-state index in [1.165, 1.54) is 0 Å². The smallest absolute Gasteiger partial charge is 0.223 e. The highest BCUT2D eigenvalue weighted by Gasteiger charge is 2.25. The number of nitrogens with zero attached hydrogens (tertiary/aromatic N) is 2. The van der Waals surface area contributed by atoms with Crippen LogP contribution in [0.2, 0.25) is 5.02 Å². The van der Waals surface area contributed by atoms with Crippen LogP contribution >= 0.6 is 27.5 Å². The number of anilines is 1. The van der Waals surface area contributed by atoms with Crippen molar-refractivity contribution in [3.63, 3.8) is 0 Å². The van der Waals surface area contributed by atoms with Crippen LogP contribution in [0.15, 0.2) is 28.9 Å². The van der Waals surface area contributed by atoms with Crippen LogP contribution in [0.5, 0.6) is 0 Å². The van der Waals surface area contributed by atoms with Gasteiger partial charge in [0.1, 0.15) is 0 Å². The van der Waals surface area contributed by atoms with Gasteiger partial charge in [-0.05, 0) is 37.5 Å². The second-order valence-electron chi connectivity index (χ2n) is 6.52. The molecule has 6 heteroatoms. The summed E-state index contributed by atoms with van der Waals surface area (Å²) in [7, 11) is 0. The van der Waals surface area contributed by atoms with E-state index in [1.807, 2.05) is 12.1 Å². The van der Waals surface area contributed by atoms with E-state index < -0.39 is 0 Å². The Hall–Kier alpha value is -1.33. The van der Waals surface area contributed by atoms with Crippen LogP contribution in [-0.4, -0.2) is 30.5 Å². The molecule has 1 saturated heterocycles. The average Bonchev–Trinajstić information content (AvgIpc) is 2.61. The lowest BCUT2D eigenvalue weighted by Gasteiger charge is -2.33. The van der Waals surface area contributed by atoms with Crippen molar-refractivity contribution in [3.05, 3.63) is 33.9 Å². The maximum Gasteiger partial charge on any atom is 0.223 e. The third-order valence-corrected chi connectivity index (χ3v) is 5.52. The molecule has 0 spiro atoms. The molecule has 2 aromatic rings. The molecule has 0 unspecified atom stereocenters. The van der Waals surface area contributed by atoms with E-state index in [2.05, 4.69) is 44.1 Å². The molecule has 3 rings (SSSR count). The van der Waals surface area contributed by atoms with Crippen molar-refractivity contribution >= 4 is 50.0 Å². The molecule has 0 aliphatic carbocycles. The Bertz CT molecular complexity index is 760. The summed E-state index contributed by atoms with van der Waals surface area (Å²) in [6.07, 6.45) is 5.71. The van der Waals surface area contributed by atoms with Crippen LogP contribution in [0, 0.1) is 5.92 Å². The number of nitrogens with one attached hydrogen (secondary N) is 1. The molecule has 1 aromatic heterocycles. The number of rotatable bonds is 5. The van der Waals surface area contributed by atoms with Gasteiger partial charge in [0.05, 0.1) is 10.5 Å². The molecule has 4 nitrogen and oxygen atoms in total. The van der Waals surface area contributed by atoms with Crippen molar-refractivity contribution in [1.29, 1.82) is 0 Å². The first kappa shape index (κ1) is 18.5. The second-order valence-corrected chi connectivity index (χ2v) is 7.84. The van der Waals surface area contributed by atoms with Crippen molar-refractivity contribution in [3.8, 4) is 0 Å². The molecule has 0 bridgehead atoms. The largest absolute Gasteiger partial charge is 0.371 e. The van der Waals surface area contributed by atoms with Crippen LogP contribution in [0.3, 0.4) is 0 Å². The third kappa shape index (κ3) is 4.26. The van der Waals surface area contributed by atoms with Gasteiger partial charge < -0.3 is 10.2 Å².